The summed E-state index contributed by atoms with van der Waals surface area (Å²) >= 11 is 0. The first kappa shape index (κ1) is 21.9. The topological polar surface area (TPSA) is 115 Å². The second-order valence-electron chi connectivity index (χ2n) is 5.08. The Morgan fingerprint density at radius 2 is 1.65 bits per heavy atom. The van der Waals surface area contributed by atoms with Gasteiger partial charge in [-0.1, -0.05) is 24.3 Å². The summed E-state index contributed by atoms with van der Waals surface area (Å²) in [6.45, 7) is 1.75. The van der Waals surface area contributed by atoms with Crippen molar-refractivity contribution in [3.63, 3.8) is 0 Å². The van der Waals surface area contributed by atoms with Crippen LogP contribution in [0.25, 0.3) is 5.57 Å². The number of hydrogen-bond acceptors (Lipinski definition) is 5. The molecule has 0 heterocycles. The van der Waals surface area contributed by atoms with Crippen molar-refractivity contribution in [1.29, 1.82) is 0 Å². The van der Waals surface area contributed by atoms with Gasteiger partial charge in [0, 0.05) is 23.0 Å². The molecule has 0 bridgehead atoms. The van der Waals surface area contributed by atoms with E-state index < -0.39 is 22.8 Å². The number of carbonyl (C=O) groups is 2. The Morgan fingerprint density at radius 3 is 2.19 bits per heavy atom. The van der Waals surface area contributed by atoms with Crippen LogP contribution in [-0.4, -0.2) is 20.3 Å². The van der Waals surface area contributed by atoms with Crippen LogP contribution in [0.3, 0.4) is 0 Å². The van der Waals surface area contributed by atoms with Crippen LogP contribution in [0, 0.1) is 6.92 Å². The van der Waals surface area contributed by atoms with E-state index >= 15 is 0 Å². The third-order valence-corrected chi connectivity index (χ3v) is 3.81. The minimum Gasteiger partial charge on any atom is -0.545 e. The maximum atomic E-state index is 12.1. The Kier molecular flexibility index (Phi) is 8.53. The van der Waals surface area contributed by atoms with Crippen LogP contribution >= 0.6 is 0 Å². The molecule has 0 unspecified atom stereocenters. The number of benzene rings is 2. The number of amides is 1. The summed E-state index contributed by atoms with van der Waals surface area (Å²) in [4.78, 5) is 23.5. The van der Waals surface area contributed by atoms with E-state index in [0.29, 0.717) is 11.3 Å². The molecular formula is C17H15N2NaO5S. The van der Waals surface area contributed by atoms with Crippen molar-refractivity contribution in [3.05, 3.63) is 71.4 Å². The summed E-state index contributed by atoms with van der Waals surface area (Å²) in [5.41, 5.74) is 1.59. The van der Waals surface area contributed by atoms with Crippen LogP contribution in [0.1, 0.15) is 21.5 Å². The number of nitrogens with one attached hydrogen (secondary N) is 2. The second-order valence-corrected chi connectivity index (χ2v) is 5.82. The third-order valence-electron chi connectivity index (χ3n) is 3.37. The first-order chi connectivity index (χ1) is 11.9. The zero-order valence-corrected chi connectivity index (χ0v) is 17.1. The molecule has 2 rings (SSSR count). The van der Waals surface area contributed by atoms with Crippen LogP contribution in [0.15, 0.2) is 54.7 Å². The average molecular weight is 382 g/mol. The van der Waals surface area contributed by atoms with Gasteiger partial charge in [-0.15, -0.1) is 0 Å². The van der Waals surface area contributed by atoms with Gasteiger partial charge in [0.1, 0.15) is 0 Å². The number of carboxylic acid groups (broad SMARTS) is 1. The average Bonchev–Trinajstić information content (AvgIpc) is 2.56. The van der Waals surface area contributed by atoms with Gasteiger partial charge in [0.2, 0.25) is 10.9 Å². The van der Waals surface area contributed by atoms with E-state index in [4.69, 9.17) is 0 Å². The second kappa shape index (κ2) is 10.1. The molecule has 0 atom stereocenters. The molecule has 2 N–H and O–H groups in total. The fourth-order valence-corrected chi connectivity index (χ4v) is 2.50. The normalized spacial score (nSPS) is 10.8. The summed E-state index contributed by atoms with van der Waals surface area (Å²) in [6, 6.07) is 12.5. The number of hydrogen-bond donors (Lipinski definition) is 3. The molecule has 0 spiro atoms. The van der Waals surface area contributed by atoms with Crippen molar-refractivity contribution in [1.82, 2.24) is 5.32 Å². The van der Waals surface area contributed by atoms with Gasteiger partial charge in [0.25, 0.3) is 5.91 Å². The molecule has 1 amide bonds. The van der Waals surface area contributed by atoms with E-state index in [1.165, 1.54) is 24.3 Å². The van der Waals surface area contributed by atoms with E-state index in [-0.39, 0.29) is 40.7 Å². The first-order valence-corrected chi connectivity index (χ1v) is 8.35. The number of rotatable bonds is 6. The van der Waals surface area contributed by atoms with Crippen LogP contribution < -0.4 is 44.7 Å². The molecule has 0 aliphatic rings. The van der Waals surface area contributed by atoms with E-state index in [0.717, 1.165) is 11.8 Å². The number of aryl methyl sites for hydroxylation is 1. The Morgan fingerprint density at radius 1 is 1.04 bits per heavy atom. The molecule has 26 heavy (non-hydrogen) atoms. The fraction of sp³-hybridized carbons (Fsp3) is 0.0588. The Balaban J connectivity index is 0.00000338. The number of carboxylic acids is 1. The van der Waals surface area contributed by atoms with Gasteiger partial charge in [-0.05, 0) is 42.3 Å². The van der Waals surface area contributed by atoms with Gasteiger partial charge >= 0.3 is 29.6 Å². The Hall–Kier alpha value is -2.13. The quantitative estimate of drug-likeness (QED) is 0.289. The third kappa shape index (κ3) is 5.99. The summed E-state index contributed by atoms with van der Waals surface area (Å²) < 4.78 is 23.3. The first-order valence-electron chi connectivity index (χ1n) is 7.18. The van der Waals surface area contributed by atoms with Crippen LogP contribution in [0.2, 0.25) is 0 Å². The van der Waals surface area contributed by atoms with Crippen LogP contribution in [0.4, 0.5) is 5.69 Å². The molecule has 0 aliphatic carbocycles. The molecular weight excluding hydrogens is 367 g/mol. The molecule has 0 radical (unpaired) electrons. The molecule has 2 aromatic rings. The van der Waals surface area contributed by atoms with Crippen molar-refractivity contribution in [2.75, 3.05) is 4.72 Å². The van der Waals surface area contributed by atoms with Gasteiger partial charge in [0.05, 0.1) is 5.97 Å². The van der Waals surface area contributed by atoms with Gasteiger partial charge in [0.15, 0.2) is 0 Å². The maximum absolute atomic E-state index is 12.1. The summed E-state index contributed by atoms with van der Waals surface area (Å²) in [7, 11) is -2.79. The fourth-order valence-electron chi connectivity index (χ4n) is 2.14. The van der Waals surface area contributed by atoms with E-state index in [9.17, 15) is 23.1 Å². The van der Waals surface area contributed by atoms with E-state index in [1.807, 2.05) is 0 Å². The standard InChI is InChI=1S/C17H16N2O5S.Na/c1-11-4-2-3-5-14(11)15(17(21)22)10-18-16(20)12-6-8-13(9-7-12)19-25(23)24;/h2-10,25H,1H3,(H,18,20)(H,21,22)(H,19,23,24);/q;+1/p-1/b15-10-;. The molecule has 2 aromatic carbocycles. The molecule has 9 heteroatoms. The van der Waals surface area contributed by atoms with Crippen molar-refractivity contribution < 1.29 is 52.7 Å². The smallest absolute Gasteiger partial charge is 0.545 e. The van der Waals surface area contributed by atoms with Gasteiger partial charge < -0.3 is 15.2 Å². The van der Waals surface area contributed by atoms with Crippen LogP contribution in [0.5, 0.6) is 0 Å². The van der Waals surface area contributed by atoms with Crippen molar-refractivity contribution in [3.8, 4) is 0 Å². The summed E-state index contributed by atoms with van der Waals surface area (Å²) in [5, 5.41) is 13.8. The molecule has 7 nitrogen and oxygen atoms in total. The largest absolute Gasteiger partial charge is 1.00 e. The van der Waals surface area contributed by atoms with Crippen molar-refractivity contribution in [2.45, 2.75) is 6.92 Å². The summed E-state index contributed by atoms with van der Waals surface area (Å²) in [5.74, 6) is -1.95. The minimum absolute atomic E-state index is 0. The molecule has 0 fully saturated rings. The monoisotopic (exact) mass is 382 g/mol. The zero-order chi connectivity index (χ0) is 18.4. The number of carbonyl (C=O) groups excluding carboxylic acids is 2. The molecule has 130 valence electrons. The van der Waals surface area contributed by atoms with E-state index in [1.54, 1.807) is 31.2 Å². The predicted molar refractivity (Wildman–Crippen MR) is 92.0 cm³/mol. The van der Waals surface area contributed by atoms with Crippen molar-refractivity contribution in [2.24, 2.45) is 0 Å². The van der Waals surface area contributed by atoms with Gasteiger partial charge in [-0.3, -0.25) is 9.52 Å². The Labute approximate surface area is 174 Å². The maximum Gasteiger partial charge on any atom is 1.00 e. The molecule has 0 saturated heterocycles. The minimum atomic E-state index is -2.79. The molecule has 0 saturated carbocycles. The van der Waals surface area contributed by atoms with Crippen LogP contribution in [-0.2, 0) is 15.7 Å². The Bertz CT molecular complexity index is 900. The molecule has 0 aliphatic heterocycles. The SMILES string of the molecule is Cc1ccccc1/C(=C/NC(=O)c1ccc(N[SH](=O)=O)cc1)C(=O)[O-].[Na+]. The molecule has 0 aromatic heterocycles. The number of thiol groups is 1. The zero-order valence-electron chi connectivity index (χ0n) is 14.2. The predicted octanol–water partition coefficient (Wildman–Crippen LogP) is -2.54. The number of aliphatic carboxylic acids is 1. The number of anilines is 1. The van der Waals surface area contributed by atoms with Crippen molar-refractivity contribution >= 4 is 34.0 Å². The van der Waals surface area contributed by atoms with Gasteiger partial charge in [-0.25, -0.2) is 8.42 Å². The van der Waals surface area contributed by atoms with Gasteiger partial charge in [-0.2, -0.15) is 0 Å². The van der Waals surface area contributed by atoms with E-state index in [2.05, 4.69) is 10.0 Å². The summed E-state index contributed by atoms with van der Waals surface area (Å²) in [6.07, 6.45) is 1.08.